The van der Waals surface area contributed by atoms with Gasteiger partial charge in [0, 0.05) is 30.4 Å². The van der Waals surface area contributed by atoms with Crippen molar-refractivity contribution in [2.45, 2.75) is 51.9 Å². The number of aromatic nitrogens is 1. The van der Waals surface area contributed by atoms with Gasteiger partial charge in [-0.25, -0.2) is 4.98 Å². The van der Waals surface area contributed by atoms with Gasteiger partial charge >= 0.3 is 0 Å². The van der Waals surface area contributed by atoms with Crippen LogP contribution in [0.2, 0.25) is 0 Å². The van der Waals surface area contributed by atoms with Gasteiger partial charge < -0.3 is 10.2 Å². The van der Waals surface area contributed by atoms with Gasteiger partial charge in [0.15, 0.2) is 0 Å². The third-order valence-corrected chi connectivity index (χ3v) is 6.35. The Bertz CT molecular complexity index is 540. The zero-order valence-corrected chi connectivity index (χ0v) is 17.2. The Kier molecular flexibility index (Phi) is 7.54. The number of carbonyl (C=O) groups is 1. The predicted molar refractivity (Wildman–Crippen MR) is 105 cm³/mol. The summed E-state index contributed by atoms with van der Waals surface area (Å²) >= 11 is 1.67. The molecule has 7 heteroatoms. The molecule has 0 radical (unpaired) electrons. The number of rotatable bonds is 2. The van der Waals surface area contributed by atoms with Crippen LogP contribution in [0.5, 0.6) is 0 Å². The second kappa shape index (κ2) is 8.35. The maximum Gasteiger partial charge on any atom is 0.228 e. The highest BCUT2D eigenvalue weighted by Gasteiger charge is 2.38. The van der Waals surface area contributed by atoms with E-state index in [-0.39, 0.29) is 36.1 Å². The van der Waals surface area contributed by atoms with Gasteiger partial charge in [-0.05, 0) is 31.2 Å². The van der Waals surface area contributed by atoms with E-state index in [9.17, 15) is 4.79 Å². The van der Waals surface area contributed by atoms with Crippen molar-refractivity contribution in [2.75, 3.05) is 26.2 Å². The molecule has 0 unspecified atom stereocenters. The molecule has 0 aliphatic carbocycles. The van der Waals surface area contributed by atoms with Crippen LogP contribution in [0.25, 0.3) is 0 Å². The van der Waals surface area contributed by atoms with Crippen molar-refractivity contribution in [1.82, 2.24) is 15.2 Å². The number of halogens is 2. The molecule has 138 valence electrons. The summed E-state index contributed by atoms with van der Waals surface area (Å²) in [5.74, 6) is 0.242. The first kappa shape index (κ1) is 21.7. The van der Waals surface area contributed by atoms with Crippen LogP contribution < -0.4 is 5.32 Å². The number of likely N-dealkylation sites (tertiary alicyclic amines) is 1. The molecule has 2 aliphatic heterocycles. The van der Waals surface area contributed by atoms with Crippen molar-refractivity contribution in [3.05, 3.63) is 16.1 Å². The largest absolute Gasteiger partial charge is 0.342 e. The first-order chi connectivity index (χ1) is 10.4. The lowest BCUT2D eigenvalue weighted by Crippen LogP contribution is -2.44. The SMILES string of the molecule is CC(C)(C)c1nc(CC(=O)N2CCC3(CCNC3)CC2)cs1.Cl.Cl. The normalized spacial score (nSPS) is 19.7. The Morgan fingerprint density at radius 3 is 2.46 bits per heavy atom. The molecule has 0 aromatic carbocycles. The van der Waals surface area contributed by atoms with E-state index in [2.05, 4.69) is 31.1 Å². The number of amides is 1. The van der Waals surface area contributed by atoms with Gasteiger partial charge in [0.05, 0.1) is 17.1 Å². The second-order valence-corrected chi connectivity index (χ2v) is 8.74. The minimum absolute atomic E-state index is 0. The molecule has 3 heterocycles. The zero-order chi connectivity index (χ0) is 15.8. The molecule has 2 saturated heterocycles. The molecule has 1 N–H and O–H groups in total. The fourth-order valence-corrected chi connectivity index (χ4v) is 4.36. The summed E-state index contributed by atoms with van der Waals surface area (Å²) in [6, 6.07) is 0. The number of hydrogen-bond donors (Lipinski definition) is 1. The summed E-state index contributed by atoms with van der Waals surface area (Å²) in [5.41, 5.74) is 1.47. The smallest absolute Gasteiger partial charge is 0.228 e. The van der Waals surface area contributed by atoms with E-state index in [1.54, 1.807) is 11.3 Å². The van der Waals surface area contributed by atoms with Gasteiger partial charge in [0.1, 0.15) is 0 Å². The number of hydrogen-bond acceptors (Lipinski definition) is 4. The summed E-state index contributed by atoms with van der Waals surface area (Å²) in [7, 11) is 0. The monoisotopic (exact) mass is 393 g/mol. The van der Waals surface area contributed by atoms with Gasteiger partial charge in [0.25, 0.3) is 0 Å². The number of nitrogens with one attached hydrogen (secondary N) is 1. The molecule has 1 spiro atoms. The predicted octanol–water partition coefficient (Wildman–Crippen LogP) is 3.43. The molecule has 24 heavy (non-hydrogen) atoms. The number of carbonyl (C=O) groups excluding carboxylic acids is 1. The third-order valence-electron chi connectivity index (χ3n) is 5.03. The van der Waals surface area contributed by atoms with Crippen molar-refractivity contribution < 1.29 is 4.79 Å². The number of piperidine rings is 1. The van der Waals surface area contributed by atoms with E-state index in [0.29, 0.717) is 11.8 Å². The van der Waals surface area contributed by atoms with Crippen LogP contribution in [0, 0.1) is 5.41 Å². The molecule has 1 amide bonds. The fourth-order valence-electron chi connectivity index (χ4n) is 3.45. The summed E-state index contributed by atoms with van der Waals surface area (Å²) in [4.78, 5) is 19.2. The Morgan fingerprint density at radius 1 is 1.29 bits per heavy atom. The molecule has 3 rings (SSSR count). The molecule has 0 atom stereocenters. The quantitative estimate of drug-likeness (QED) is 0.836. The third kappa shape index (κ3) is 4.84. The highest BCUT2D eigenvalue weighted by molar-refractivity contribution is 7.09. The molecule has 2 fully saturated rings. The van der Waals surface area contributed by atoms with Crippen molar-refractivity contribution in [1.29, 1.82) is 0 Å². The van der Waals surface area contributed by atoms with Crippen molar-refractivity contribution in [3.8, 4) is 0 Å². The maximum absolute atomic E-state index is 12.5. The molecule has 4 nitrogen and oxygen atoms in total. The summed E-state index contributed by atoms with van der Waals surface area (Å²) in [6.45, 7) is 10.6. The van der Waals surface area contributed by atoms with E-state index in [1.165, 1.54) is 6.42 Å². The van der Waals surface area contributed by atoms with E-state index in [4.69, 9.17) is 0 Å². The summed E-state index contributed by atoms with van der Waals surface area (Å²) < 4.78 is 0. The first-order valence-electron chi connectivity index (χ1n) is 8.31. The van der Waals surface area contributed by atoms with E-state index in [0.717, 1.165) is 49.7 Å². The van der Waals surface area contributed by atoms with Gasteiger partial charge in [-0.3, -0.25) is 4.79 Å². The molecular weight excluding hydrogens is 365 g/mol. The maximum atomic E-state index is 12.5. The fraction of sp³-hybridized carbons (Fsp3) is 0.765. The van der Waals surface area contributed by atoms with Crippen LogP contribution in [-0.4, -0.2) is 42.0 Å². The van der Waals surface area contributed by atoms with Crippen molar-refractivity contribution in [2.24, 2.45) is 5.41 Å². The average Bonchev–Trinajstić information content (AvgIpc) is 3.09. The van der Waals surface area contributed by atoms with Crippen LogP contribution in [-0.2, 0) is 16.6 Å². The van der Waals surface area contributed by atoms with Crippen molar-refractivity contribution in [3.63, 3.8) is 0 Å². The van der Waals surface area contributed by atoms with E-state index in [1.807, 2.05) is 10.3 Å². The van der Waals surface area contributed by atoms with E-state index < -0.39 is 0 Å². The Balaban J connectivity index is 0.00000144. The molecule has 0 saturated carbocycles. The van der Waals surface area contributed by atoms with Crippen LogP contribution in [0.4, 0.5) is 0 Å². The van der Waals surface area contributed by atoms with Gasteiger partial charge in [-0.2, -0.15) is 0 Å². The average molecular weight is 394 g/mol. The van der Waals surface area contributed by atoms with Gasteiger partial charge in [0.2, 0.25) is 5.91 Å². The molecular formula is C17H29Cl2N3OS. The summed E-state index contributed by atoms with van der Waals surface area (Å²) in [5, 5.41) is 6.63. The number of thiazole rings is 1. The molecule has 1 aromatic rings. The van der Waals surface area contributed by atoms with Crippen LogP contribution >= 0.6 is 36.2 Å². The lowest BCUT2D eigenvalue weighted by molar-refractivity contribution is -0.132. The number of nitrogens with zero attached hydrogens (tertiary/aromatic N) is 2. The van der Waals surface area contributed by atoms with Crippen LogP contribution in [0.15, 0.2) is 5.38 Å². The minimum Gasteiger partial charge on any atom is -0.342 e. The van der Waals surface area contributed by atoms with Gasteiger partial charge in [-0.1, -0.05) is 20.8 Å². The molecule has 0 bridgehead atoms. The van der Waals surface area contributed by atoms with Crippen LogP contribution in [0.3, 0.4) is 0 Å². The molecule has 1 aromatic heterocycles. The van der Waals surface area contributed by atoms with E-state index >= 15 is 0 Å². The highest BCUT2D eigenvalue weighted by atomic mass is 35.5. The van der Waals surface area contributed by atoms with Crippen molar-refractivity contribution >= 4 is 42.1 Å². The lowest BCUT2D eigenvalue weighted by atomic mass is 9.78. The highest BCUT2D eigenvalue weighted by Crippen LogP contribution is 2.37. The Labute approximate surface area is 161 Å². The topological polar surface area (TPSA) is 45.2 Å². The minimum atomic E-state index is 0. The standard InChI is InChI=1S/C17H27N3OS.2ClH/c1-16(2,3)15-19-13(11-22-15)10-14(21)20-8-5-17(6-9-20)4-7-18-12-17;;/h11,18H,4-10,12H2,1-3H3;2*1H. The zero-order valence-electron chi connectivity index (χ0n) is 14.8. The first-order valence-corrected chi connectivity index (χ1v) is 9.19. The molecule has 2 aliphatic rings. The Morgan fingerprint density at radius 2 is 1.96 bits per heavy atom. The lowest BCUT2D eigenvalue weighted by Gasteiger charge is -2.38. The Hall–Kier alpha value is -0.360. The van der Waals surface area contributed by atoms with Gasteiger partial charge in [-0.15, -0.1) is 36.2 Å². The second-order valence-electron chi connectivity index (χ2n) is 7.88. The van der Waals surface area contributed by atoms with Crippen LogP contribution in [0.1, 0.15) is 50.7 Å². The summed E-state index contributed by atoms with van der Waals surface area (Å²) in [6.07, 6.45) is 4.03.